The second-order valence-electron chi connectivity index (χ2n) is 2.63. The smallest absolute Gasteiger partial charge is 0.330 e. The third-order valence-electron chi connectivity index (χ3n) is 1.62. The molecule has 0 bridgehead atoms. The Hall–Kier alpha value is -1.78. The topological polar surface area (TPSA) is 85.6 Å². The van der Waals surface area contributed by atoms with Gasteiger partial charge in [-0.25, -0.2) is 0 Å². The fourth-order valence-electron chi connectivity index (χ4n) is 0.877. The Morgan fingerprint density at radius 3 is 2.88 bits per heavy atom. The fourth-order valence-corrected chi connectivity index (χ4v) is 1.47. The van der Waals surface area contributed by atoms with Gasteiger partial charge in [-0.05, 0) is 12.1 Å². The SMILES string of the molecule is C#CCNC(=O)c1ccc(S(=O)(=O)OC)o1. The normalized spacial score (nSPS) is 10.8. The van der Waals surface area contributed by atoms with Crippen LogP contribution in [0.4, 0.5) is 0 Å². The van der Waals surface area contributed by atoms with Crippen LogP contribution in [0.25, 0.3) is 0 Å². The number of terminal acetylenes is 1. The van der Waals surface area contributed by atoms with Crippen LogP contribution >= 0.6 is 0 Å². The molecule has 7 heteroatoms. The maximum atomic E-state index is 11.3. The highest BCUT2D eigenvalue weighted by Crippen LogP contribution is 2.15. The van der Waals surface area contributed by atoms with Crippen LogP contribution in [0.3, 0.4) is 0 Å². The van der Waals surface area contributed by atoms with Crippen LogP contribution in [-0.4, -0.2) is 28.0 Å². The summed E-state index contributed by atoms with van der Waals surface area (Å²) in [6, 6.07) is 2.35. The highest BCUT2D eigenvalue weighted by molar-refractivity contribution is 7.86. The lowest BCUT2D eigenvalue weighted by atomic mass is 10.4. The molecule has 16 heavy (non-hydrogen) atoms. The molecule has 1 aromatic heterocycles. The molecule has 0 atom stereocenters. The summed E-state index contributed by atoms with van der Waals surface area (Å²) in [4.78, 5) is 11.3. The van der Waals surface area contributed by atoms with Crippen molar-refractivity contribution in [1.29, 1.82) is 0 Å². The van der Waals surface area contributed by atoms with Crippen LogP contribution in [0, 0.1) is 12.3 Å². The summed E-state index contributed by atoms with van der Waals surface area (Å²) >= 11 is 0. The van der Waals surface area contributed by atoms with Crippen molar-refractivity contribution in [2.45, 2.75) is 5.09 Å². The number of hydrogen-bond acceptors (Lipinski definition) is 5. The van der Waals surface area contributed by atoms with Gasteiger partial charge in [0.05, 0.1) is 13.7 Å². The van der Waals surface area contributed by atoms with Crippen molar-refractivity contribution in [3.05, 3.63) is 17.9 Å². The Kier molecular flexibility index (Phi) is 3.71. The Balaban J connectivity index is 2.88. The number of amides is 1. The van der Waals surface area contributed by atoms with E-state index in [4.69, 9.17) is 10.8 Å². The summed E-state index contributed by atoms with van der Waals surface area (Å²) in [5.74, 6) is 1.47. The minimum atomic E-state index is -3.92. The summed E-state index contributed by atoms with van der Waals surface area (Å²) < 4.78 is 31.4. The number of carbonyl (C=O) groups is 1. The highest BCUT2D eigenvalue weighted by Gasteiger charge is 2.20. The van der Waals surface area contributed by atoms with Crippen LogP contribution in [-0.2, 0) is 14.3 Å². The van der Waals surface area contributed by atoms with Gasteiger partial charge in [0, 0.05) is 0 Å². The van der Waals surface area contributed by atoms with Crippen LogP contribution in [0.2, 0.25) is 0 Å². The largest absolute Gasteiger partial charge is 0.437 e. The van der Waals surface area contributed by atoms with E-state index in [1.165, 1.54) is 6.07 Å². The maximum absolute atomic E-state index is 11.3. The average Bonchev–Trinajstić information content (AvgIpc) is 2.75. The molecular weight excluding hydrogens is 234 g/mol. The van der Waals surface area contributed by atoms with E-state index in [1.807, 2.05) is 0 Å². The van der Waals surface area contributed by atoms with Crippen molar-refractivity contribution in [3.63, 3.8) is 0 Å². The maximum Gasteiger partial charge on any atom is 0.330 e. The van der Waals surface area contributed by atoms with E-state index < -0.39 is 21.1 Å². The molecule has 0 spiro atoms. The lowest BCUT2D eigenvalue weighted by molar-refractivity contribution is 0.0925. The molecule has 0 unspecified atom stereocenters. The van der Waals surface area contributed by atoms with Gasteiger partial charge in [-0.3, -0.25) is 8.98 Å². The quantitative estimate of drug-likeness (QED) is 0.593. The standard InChI is InChI=1S/C9H9NO5S/c1-3-6-10-9(11)7-4-5-8(15-7)16(12,13)14-2/h1,4-5H,6H2,2H3,(H,10,11). The molecule has 0 aliphatic rings. The summed E-state index contributed by atoms with van der Waals surface area (Å²) in [6.07, 6.45) is 4.94. The van der Waals surface area contributed by atoms with Gasteiger partial charge in [-0.15, -0.1) is 6.42 Å². The first kappa shape index (κ1) is 12.3. The van der Waals surface area contributed by atoms with Crippen LogP contribution < -0.4 is 5.32 Å². The van der Waals surface area contributed by atoms with Gasteiger partial charge >= 0.3 is 10.1 Å². The summed E-state index contributed by atoms with van der Waals surface area (Å²) in [5, 5.41) is 1.90. The van der Waals surface area contributed by atoms with E-state index >= 15 is 0 Å². The third-order valence-corrected chi connectivity index (χ3v) is 2.77. The van der Waals surface area contributed by atoms with Crippen molar-refractivity contribution in [1.82, 2.24) is 5.32 Å². The minimum absolute atomic E-state index is 0.0336. The molecule has 0 aliphatic heterocycles. The van der Waals surface area contributed by atoms with Crippen molar-refractivity contribution >= 4 is 16.0 Å². The fraction of sp³-hybridized carbons (Fsp3) is 0.222. The van der Waals surface area contributed by atoms with E-state index in [1.54, 1.807) is 0 Å². The first-order valence-electron chi connectivity index (χ1n) is 4.13. The second-order valence-corrected chi connectivity index (χ2v) is 4.27. The number of furan rings is 1. The summed E-state index contributed by atoms with van der Waals surface area (Å²) in [7, 11) is -2.92. The molecule has 0 saturated heterocycles. The zero-order valence-corrected chi connectivity index (χ0v) is 9.21. The van der Waals surface area contributed by atoms with Crippen LogP contribution in [0.15, 0.2) is 21.6 Å². The summed E-state index contributed by atoms with van der Waals surface area (Å²) in [5.41, 5.74) is 0. The van der Waals surface area contributed by atoms with E-state index in [9.17, 15) is 13.2 Å². The molecule has 1 aromatic rings. The molecule has 0 radical (unpaired) electrons. The van der Waals surface area contributed by atoms with Crippen molar-refractivity contribution < 1.29 is 21.8 Å². The lowest BCUT2D eigenvalue weighted by Crippen LogP contribution is -2.22. The van der Waals surface area contributed by atoms with Gasteiger partial charge in [0.25, 0.3) is 5.91 Å². The average molecular weight is 243 g/mol. The van der Waals surface area contributed by atoms with E-state index in [0.29, 0.717) is 0 Å². The molecule has 1 N–H and O–H groups in total. The number of carbonyl (C=O) groups excluding carboxylic acids is 1. The van der Waals surface area contributed by atoms with Gasteiger partial charge in [0.2, 0.25) is 5.09 Å². The van der Waals surface area contributed by atoms with Crippen molar-refractivity contribution in [2.75, 3.05) is 13.7 Å². The third kappa shape index (κ3) is 2.62. The molecule has 1 heterocycles. The van der Waals surface area contributed by atoms with E-state index in [0.717, 1.165) is 13.2 Å². The lowest BCUT2D eigenvalue weighted by Gasteiger charge is -1.97. The molecule has 0 aromatic carbocycles. The molecule has 0 fully saturated rings. The van der Waals surface area contributed by atoms with Gasteiger partial charge in [0.15, 0.2) is 5.76 Å². The Labute approximate surface area is 92.7 Å². The molecular formula is C9H9NO5S. The van der Waals surface area contributed by atoms with Gasteiger partial charge in [-0.1, -0.05) is 5.92 Å². The number of rotatable bonds is 4. The zero-order valence-electron chi connectivity index (χ0n) is 8.39. The van der Waals surface area contributed by atoms with Crippen LogP contribution in [0.5, 0.6) is 0 Å². The van der Waals surface area contributed by atoms with Crippen LogP contribution in [0.1, 0.15) is 10.6 Å². The van der Waals surface area contributed by atoms with Gasteiger partial charge in [-0.2, -0.15) is 8.42 Å². The molecule has 86 valence electrons. The predicted octanol–water partition coefficient (Wildman–Crippen LogP) is -0.0223. The van der Waals surface area contributed by atoms with E-state index in [2.05, 4.69) is 15.4 Å². The molecule has 6 nitrogen and oxygen atoms in total. The number of nitrogens with one attached hydrogen (secondary N) is 1. The Bertz CT molecular complexity index is 522. The molecule has 1 amide bonds. The second kappa shape index (κ2) is 4.83. The van der Waals surface area contributed by atoms with Gasteiger partial charge < -0.3 is 9.73 Å². The Morgan fingerprint density at radius 2 is 2.31 bits per heavy atom. The highest BCUT2D eigenvalue weighted by atomic mass is 32.2. The Morgan fingerprint density at radius 1 is 1.62 bits per heavy atom. The van der Waals surface area contributed by atoms with E-state index in [-0.39, 0.29) is 12.3 Å². The molecule has 0 saturated carbocycles. The monoisotopic (exact) mass is 243 g/mol. The van der Waals surface area contributed by atoms with Crippen molar-refractivity contribution in [3.8, 4) is 12.3 Å². The summed E-state index contributed by atoms with van der Waals surface area (Å²) in [6.45, 7) is 0.0336. The predicted molar refractivity (Wildman–Crippen MR) is 54.1 cm³/mol. The first-order chi connectivity index (χ1) is 7.51. The molecule has 0 aliphatic carbocycles. The van der Waals surface area contributed by atoms with Gasteiger partial charge in [0.1, 0.15) is 0 Å². The minimum Gasteiger partial charge on any atom is -0.437 e. The van der Waals surface area contributed by atoms with Crippen molar-refractivity contribution in [2.24, 2.45) is 0 Å². The number of hydrogen-bond donors (Lipinski definition) is 1. The molecule has 1 rings (SSSR count). The zero-order chi connectivity index (χ0) is 12.2. The first-order valence-corrected chi connectivity index (χ1v) is 5.54.